The highest BCUT2D eigenvalue weighted by Crippen LogP contribution is 2.35. The number of benzene rings is 2. The van der Waals surface area contributed by atoms with Gasteiger partial charge in [0, 0.05) is 23.0 Å². The first kappa shape index (κ1) is 24.9. The van der Waals surface area contributed by atoms with Crippen molar-refractivity contribution in [2.24, 2.45) is 7.05 Å². The maximum atomic E-state index is 13.0. The van der Waals surface area contributed by atoms with E-state index in [0.717, 1.165) is 22.4 Å². The number of amides is 1. The van der Waals surface area contributed by atoms with E-state index in [9.17, 15) is 9.59 Å². The second-order valence-electron chi connectivity index (χ2n) is 8.64. The number of alkyl halides is 1. The highest BCUT2D eigenvalue weighted by molar-refractivity contribution is 6.31. The zero-order valence-electron chi connectivity index (χ0n) is 19.2. The van der Waals surface area contributed by atoms with Gasteiger partial charge in [0.1, 0.15) is 18.2 Å². The fraction of sp³-hybridized carbons (Fsp3) is 0.375. The summed E-state index contributed by atoms with van der Waals surface area (Å²) in [5, 5.41) is 8.59. The molecule has 3 rings (SSSR count). The van der Waals surface area contributed by atoms with E-state index in [1.165, 1.54) is 0 Å². The molecule has 0 saturated heterocycles. The lowest BCUT2D eigenvalue weighted by atomic mass is 10.0. The summed E-state index contributed by atoms with van der Waals surface area (Å²) >= 11 is 11.7. The van der Waals surface area contributed by atoms with Gasteiger partial charge in [-0.05, 0) is 63.6 Å². The molecule has 7 nitrogen and oxygen atoms in total. The lowest BCUT2D eigenvalue weighted by Gasteiger charge is -2.25. The summed E-state index contributed by atoms with van der Waals surface area (Å²) in [6, 6.07) is 11.2. The van der Waals surface area contributed by atoms with Gasteiger partial charge in [0.15, 0.2) is 5.69 Å². The molecule has 0 saturated carbocycles. The second kappa shape index (κ2) is 10.0. The molecule has 33 heavy (non-hydrogen) atoms. The van der Waals surface area contributed by atoms with Crippen molar-refractivity contribution in [1.29, 1.82) is 0 Å². The van der Waals surface area contributed by atoms with Crippen LogP contribution in [0.25, 0.3) is 22.0 Å². The predicted octanol–water partition coefficient (Wildman–Crippen LogP) is 4.97. The van der Waals surface area contributed by atoms with Gasteiger partial charge in [-0.3, -0.25) is 14.3 Å². The molecule has 1 amide bonds. The number of halogens is 2. The Bertz CT molecular complexity index is 1190. The molecule has 0 unspecified atom stereocenters. The zero-order valence-corrected chi connectivity index (χ0v) is 20.8. The van der Waals surface area contributed by atoms with Crippen molar-refractivity contribution in [2.75, 3.05) is 12.5 Å². The monoisotopic (exact) mass is 491 g/mol. The zero-order chi connectivity index (χ0) is 24.3. The average molecular weight is 492 g/mol. The standard InChI is InChI=1S/C24H27Cl2N3O4/c1-14(2)33-20-9-7-16(26)11-18(20)15-6-8-17-19(10-15)29(5)28-22(17)23(31)27-24(3,4)13-32-21(30)12-25/h6-11,14H,12-13H2,1-5H3,(H,27,31). The van der Waals surface area contributed by atoms with Crippen molar-refractivity contribution >= 4 is 46.0 Å². The third-order valence-corrected chi connectivity index (χ3v) is 5.29. The normalized spacial score (nSPS) is 11.6. The van der Waals surface area contributed by atoms with E-state index >= 15 is 0 Å². The maximum Gasteiger partial charge on any atom is 0.320 e. The van der Waals surface area contributed by atoms with Gasteiger partial charge >= 0.3 is 5.97 Å². The van der Waals surface area contributed by atoms with Gasteiger partial charge in [-0.1, -0.05) is 17.7 Å². The van der Waals surface area contributed by atoms with Crippen molar-refractivity contribution in [2.45, 2.75) is 39.3 Å². The van der Waals surface area contributed by atoms with Gasteiger partial charge in [0.05, 0.1) is 17.2 Å². The molecule has 0 bridgehead atoms. The number of ether oxygens (including phenoxy) is 2. The molecule has 0 atom stereocenters. The van der Waals surface area contributed by atoms with Crippen molar-refractivity contribution in [3.63, 3.8) is 0 Å². The maximum absolute atomic E-state index is 13.0. The first-order valence-corrected chi connectivity index (χ1v) is 11.4. The minimum Gasteiger partial charge on any atom is -0.490 e. The molecule has 1 heterocycles. The molecule has 9 heteroatoms. The number of aryl methyl sites for hydroxylation is 1. The van der Waals surface area contributed by atoms with E-state index in [1.807, 2.05) is 44.2 Å². The third-order valence-electron chi connectivity index (χ3n) is 4.84. The van der Waals surface area contributed by atoms with E-state index in [-0.39, 0.29) is 30.2 Å². The predicted molar refractivity (Wildman–Crippen MR) is 130 cm³/mol. The van der Waals surface area contributed by atoms with Crippen LogP contribution < -0.4 is 10.1 Å². The molecule has 0 spiro atoms. The summed E-state index contributed by atoms with van der Waals surface area (Å²) in [5.41, 5.74) is 2.00. The number of carbonyl (C=O) groups excluding carboxylic acids is 2. The van der Waals surface area contributed by atoms with Gasteiger partial charge < -0.3 is 14.8 Å². The van der Waals surface area contributed by atoms with E-state index in [0.29, 0.717) is 10.4 Å². The SMILES string of the molecule is CC(C)Oc1ccc(Cl)cc1-c1ccc2c(C(=O)NC(C)(C)COC(=O)CCl)nn(C)c2c1. The molecular weight excluding hydrogens is 465 g/mol. The third kappa shape index (κ3) is 5.97. The minimum absolute atomic E-state index is 0.00715. The number of carbonyl (C=O) groups is 2. The summed E-state index contributed by atoms with van der Waals surface area (Å²) in [5.74, 6) is -0.432. The molecule has 0 aliphatic carbocycles. The number of nitrogens with zero attached hydrogens (tertiary/aromatic N) is 2. The Morgan fingerprint density at radius 2 is 1.91 bits per heavy atom. The van der Waals surface area contributed by atoms with Crippen molar-refractivity contribution < 1.29 is 19.1 Å². The van der Waals surface area contributed by atoms with Crippen molar-refractivity contribution in [3.8, 4) is 16.9 Å². The highest BCUT2D eigenvalue weighted by Gasteiger charge is 2.26. The average Bonchev–Trinajstić information content (AvgIpc) is 3.09. The van der Waals surface area contributed by atoms with Crippen LogP contribution in [0.15, 0.2) is 36.4 Å². The van der Waals surface area contributed by atoms with Crippen LogP contribution in [0.3, 0.4) is 0 Å². The van der Waals surface area contributed by atoms with Crippen LogP contribution in [0.1, 0.15) is 38.2 Å². The topological polar surface area (TPSA) is 82.4 Å². The van der Waals surface area contributed by atoms with Gasteiger partial charge in [-0.25, -0.2) is 0 Å². The molecule has 0 aliphatic rings. The Morgan fingerprint density at radius 1 is 1.18 bits per heavy atom. The minimum atomic E-state index is -0.799. The van der Waals surface area contributed by atoms with Crippen molar-refractivity contribution in [3.05, 3.63) is 47.1 Å². The summed E-state index contributed by atoms with van der Waals surface area (Å²) in [4.78, 5) is 24.3. The number of esters is 1. The quantitative estimate of drug-likeness (QED) is 0.355. The summed E-state index contributed by atoms with van der Waals surface area (Å²) < 4.78 is 12.7. The lowest BCUT2D eigenvalue weighted by molar-refractivity contribution is -0.142. The Labute approximate surface area is 202 Å². The van der Waals surface area contributed by atoms with Crippen LogP contribution in [-0.2, 0) is 16.6 Å². The summed E-state index contributed by atoms with van der Waals surface area (Å²) in [6.45, 7) is 7.43. The van der Waals surface area contributed by atoms with Gasteiger partial charge in [0.2, 0.25) is 0 Å². The Kier molecular flexibility index (Phi) is 7.55. The molecule has 0 radical (unpaired) electrons. The van der Waals surface area contributed by atoms with Crippen LogP contribution >= 0.6 is 23.2 Å². The van der Waals surface area contributed by atoms with Crippen molar-refractivity contribution in [1.82, 2.24) is 15.1 Å². The van der Waals surface area contributed by atoms with E-state index < -0.39 is 11.5 Å². The molecule has 3 aromatic rings. The summed E-state index contributed by atoms with van der Waals surface area (Å²) in [7, 11) is 1.78. The van der Waals surface area contributed by atoms with E-state index in [4.69, 9.17) is 32.7 Å². The fourth-order valence-electron chi connectivity index (χ4n) is 3.38. The molecule has 2 aromatic carbocycles. The number of aromatic nitrogens is 2. The summed E-state index contributed by atoms with van der Waals surface area (Å²) in [6.07, 6.45) is 0.00715. The Balaban J connectivity index is 1.93. The molecule has 0 aliphatic heterocycles. The van der Waals surface area contributed by atoms with Gasteiger partial charge in [-0.15, -0.1) is 11.6 Å². The van der Waals surface area contributed by atoms with Gasteiger partial charge in [-0.2, -0.15) is 5.10 Å². The molecular formula is C24H27Cl2N3O4. The Morgan fingerprint density at radius 3 is 2.58 bits per heavy atom. The second-order valence-corrected chi connectivity index (χ2v) is 9.35. The fourth-order valence-corrected chi connectivity index (χ4v) is 3.63. The van der Waals surface area contributed by atoms with E-state index in [1.54, 1.807) is 31.6 Å². The number of nitrogens with one attached hydrogen (secondary N) is 1. The first-order chi connectivity index (χ1) is 15.5. The van der Waals surface area contributed by atoms with Crippen LogP contribution in [0.5, 0.6) is 5.75 Å². The Hall–Kier alpha value is -2.77. The number of rotatable bonds is 8. The lowest BCUT2D eigenvalue weighted by Crippen LogP contribution is -2.47. The highest BCUT2D eigenvalue weighted by atomic mass is 35.5. The smallest absolute Gasteiger partial charge is 0.320 e. The molecule has 176 valence electrons. The van der Waals surface area contributed by atoms with Crippen LogP contribution in [-0.4, -0.2) is 45.8 Å². The van der Waals surface area contributed by atoms with E-state index in [2.05, 4.69) is 10.4 Å². The molecule has 1 aromatic heterocycles. The first-order valence-electron chi connectivity index (χ1n) is 10.5. The van der Waals surface area contributed by atoms with Gasteiger partial charge in [0.25, 0.3) is 5.91 Å². The molecule has 1 N–H and O–H groups in total. The number of hydrogen-bond donors (Lipinski definition) is 1. The van der Waals surface area contributed by atoms with Crippen LogP contribution in [0, 0.1) is 0 Å². The van der Waals surface area contributed by atoms with Crippen LogP contribution in [0.4, 0.5) is 0 Å². The van der Waals surface area contributed by atoms with Crippen LogP contribution in [0.2, 0.25) is 5.02 Å². The number of fused-ring (bicyclic) bond motifs is 1. The number of hydrogen-bond acceptors (Lipinski definition) is 5. The largest absolute Gasteiger partial charge is 0.490 e. The molecule has 0 fully saturated rings.